The summed E-state index contributed by atoms with van der Waals surface area (Å²) in [6.07, 6.45) is 1.14. The van der Waals surface area contributed by atoms with Crippen LogP contribution < -0.4 is 26.8 Å². The Morgan fingerprint density at radius 3 is 2.58 bits per heavy atom. The number of carbonyl (C=O) groups is 1. The molecule has 0 aliphatic rings. The molecule has 0 saturated heterocycles. The van der Waals surface area contributed by atoms with Crippen LogP contribution in [-0.4, -0.2) is 25.2 Å². The minimum absolute atomic E-state index is 0.290. The number of para-hydroxylation sites is 1. The molecule has 0 aromatic heterocycles. The molecule has 0 aliphatic heterocycles. The number of hydrogen-bond acceptors (Lipinski definition) is 6. The summed E-state index contributed by atoms with van der Waals surface area (Å²) in [4.78, 5) is 13.0. The van der Waals surface area contributed by atoms with Gasteiger partial charge in [-0.05, 0) is 48.0 Å². The van der Waals surface area contributed by atoms with E-state index in [1.54, 1.807) is 36.4 Å². The normalized spacial score (nSPS) is 11.5. The number of nitrogens with two attached hydrogens (primary N) is 2. The van der Waals surface area contributed by atoms with Crippen LogP contribution in [0.25, 0.3) is 0 Å². The van der Waals surface area contributed by atoms with E-state index in [0.717, 1.165) is 6.21 Å². The predicted octanol–water partition coefficient (Wildman–Crippen LogP) is 3.94. The third-order valence-corrected chi connectivity index (χ3v) is 4.82. The highest BCUT2D eigenvalue weighted by Gasteiger charge is 2.21. The summed E-state index contributed by atoms with van der Waals surface area (Å²) in [5.74, 6) is 0.865. The zero-order valence-corrected chi connectivity index (χ0v) is 17.5. The molecule has 160 valence electrons. The van der Waals surface area contributed by atoms with Crippen LogP contribution in [0, 0.1) is 5.41 Å². The van der Waals surface area contributed by atoms with E-state index in [9.17, 15) is 4.79 Å². The quantitative estimate of drug-likeness (QED) is 0.256. The van der Waals surface area contributed by atoms with Crippen molar-refractivity contribution in [3.8, 4) is 11.5 Å². The van der Waals surface area contributed by atoms with Gasteiger partial charge in [0.05, 0.1) is 5.02 Å². The largest absolute Gasteiger partial charge is 0.456 e. The second kappa shape index (κ2) is 10.6. The Morgan fingerprint density at radius 2 is 1.90 bits per heavy atom. The Bertz CT molecular complexity index is 1060. The topological polar surface area (TPSA) is 126 Å². The Kier molecular flexibility index (Phi) is 7.61. The lowest BCUT2D eigenvalue weighted by molar-refractivity contribution is -0.118. The van der Waals surface area contributed by atoms with Crippen molar-refractivity contribution in [2.75, 3.05) is 24.1 Å². The average molecular weight is 438 g/mol. The number of amides is 1. The van der Waals surface area contributed by atoms with Crippen molar-refractivity contribution in [2.45, 2.75) is 6.04 Å². The molecular formula is C23H24ClN5O2. The number of hydrogen-bond donors (Lipinski definition) is 5. The Hall–Kier alpha value is -3.39. The lowest BCUT2D eigenvalue weighted by Crippen LogP contribution is -2.35. The number of halogens is 1. The second-order valence-corrected chi connectivity index (χ2v) is 7.17. The number of ether oxygens (including phenoxy) is 1. The lowest BCUT2D eigenvalue weighted by atomic mass is 10.1. The number of anilines is 2. The first kappa shape index (κ1) is 22.3. The summed E-state index contributed by atoms with van der Waals surface area (Å²) in [7, 11) is 0. The molecule has 0 saturated carbocycles. The van der Waals surface area contributed by atoms with E-state index in [0.29, 0.717) is 52.1 Å². The fourth-order valence-electron chi connectivity index (χ4n) is 2.98. The van der Waals surface area contributed by atoms with Crippen LogP contribution in [0.5, 0.6) is 11.5 Å². The monoisotopic (exact) mass is 437 g/mol. The van der Waals surface area contributed by atoms with Crippen molar-refractivity contribution in [1.29, 1.82) is 5.41 Å². The van der Waals surface area contributed by atoms with E-state index >= 15 is 0 Å². The molecule has 1 amide bonds. The highest BCUT2D eigenvalue weighted by Crippen LogP contribution is 2.32. The van der Waals surface area contributed by atoms with Crippen molar-refractivity contribution in [1.82, 2.24) is 5.32 Å². The first-order valence-electron chi connectivity index (χ1n) is 9.68. The van der Waals surface area contributed by atoms with E-state index in [4.69, 9.17) is 33.2 Å². The SMILES string of the molecule is N=Cc1cc(NC(=O)C(NCCN)c2ccc(Oc3ccccc3)c(Cl)c2)ccc1N. The van der Waals surface area contributed by atoms with Gasteiger partial charge < -0.3 is 32.2 Å². The Labute approximate surface area is 185 Å². The molecule has 7 nitrogen and oxygen atoms in total. The molecule has 1 unspecified atom stereocenters. The molecule has 0 radical (unpaired) electrons. The van der Waals surface area contributed by atoms with Crippen LogP contribution in [0.1, 0.15) is 17.2 Å². The maximum Gasteiger partial charge on any atom is 0.246 e. The van der Waals surface area contributed by atoms with E-state index in [2.05, 4.69) is 10.6 Å². The van der Waals surface area contributed by atoms with Crippen LogP contribution >= 0.6 is 11.6 Å². The van der Waals surface area contributed by atoms with Crippen LogP contribution in [0.4, 0.5) is 11.4 Å². The van der Waals surface area contributed by atoms with Gasteiger partial charge in [-0.1, -0.05) is 35.9 Å². The second-order valence-electron chi connectivity index (χ2n) is 6.76. The van der Waals surface area contributed by atoms with Gasteiger partial charge in [-0.25, -0.2) is 0 Å². The molecule has 3 aromatic carbocycles. The highest BCUT2D eigenvalue weighted by atomic mass is 35.5. The van der Waals surface area contributed by atoms with Crippen LogP contribution in [0.15, 0.2) is 66.7 Å². The van der Waals surface area contributed by atoms with Crippen molar-refractivity contribution in [3.63, 3.8) is 0 Å². The van der Waals surface area contributed by atoms with Crippen molar-refractivity contribution in [2.24, 2.45) is 5.73 Å². The zero-order valence-electron chi connectivity index (χ0n) is 16.8. The number of benzene rings is 3. The molecule has 1 atom stereocenters. The molecule has 0 heterocycles. The van der Waals surface area contributed by atoms with Crippen molar-refractivity contribution < 1.29 is 9.53 Å². The summed E-state index contributed by atoms with van der Waals surface area (Å²) >= 11 is 6.43. The van der Waals surface area contributed by atoms with E-state index in [1.165, 1.54) is 0 Å². The minimum Gasteiger partial charge on any atom is -0.456 e. The third-order valence-electron chi connectivity index (χ3n) is 4.53. The third kappa shape index (κ3) is 5.82. The molecule has 0 spiro atoms. The maximum absolute atomic E-state index is 13.0. The van der Waals surface area contributed by atoms with Crippen molar-refractivity contribution >= 4 is 35.1 Å². The Morgan fingerprint density at radius 1 is 1.13 bits per heavy atom. The summed E-state index contributed by atoms with van der Waals surface area (Å²) in [5, 5.41) is 13.8. The van der Waals surface area contributed by atoms with Gasteiger partial charge >= 0.3 is 0 Å². The van der Waals surface area contributed by atoms with Gasteiger partial charge in [0, 0.05) is 36.2 Å². The molecular weight excluding hydrogens is 414 g/mol. The maximum atomic E-state index is 13.0. The standard InChI is InChI=1S/C23H24ClN5O2/c24-19-13-15(6-9-21(19)31-18-4-2-1-3-5-18)22(28-11-10-25)23(30)29-17-7-8-20(27)16(12-17)14-26/h1-9,12-14,22,26,28H,10-11,25,27H2,(H,29,30). The molecule has 3 aromatic rings. The van der Waals surface area contributed by atoms with Gasteiger partial charge in [-0.3, -0.25) is 4.79 Å². The molecule has 0 bridgehead atoms. The van der Waals surface area contributed by atoms with Crippen LogP contribution in [0.2, 0.25) is 5.02 Å². The number of nitrogens with one attached hydrogen (secondary N) is 3. The molecule has 0 fully saturated rings. The average Bonchev–Trinajstić information content (AvgIpc) is 2.78. The van der Waals surface area contributed by atoms with E-state index in [1.807, 2.05) is 30.3 Å². The number of nitrogen functional groups attached to an aromatic ring is 1. The van der Waals surface area contributed by atoms with Crippen LogP contribution in [0.3, 0.4) is 0 Å². The predicted molar refractivity (Wildman–Crippen MR) is 125 cm³/mol. The number of rotatable bonds is 9. The summed E-state index contributed by atoms with van der Waals surface area (Å²) in [6.45, 7) is 0.804. The zero-order chi connectivity index (χ0) is 22.2. The first-order chi connectivity index (χ1) is 15.0. The fourth-order valence-corrected chi connectivity index (χ4v) is 3.20. The molecule has 7 N–H and O–H groups in total. The van der Waals surface area contributed by atoms with Gasteiger partial charge in [0.15, 0.2) is 0 Å². The Balaban J connectivity index is 1.81. The molecule has 3 rings (SSSR count). The van der Waals surface area contributed by atoms with Gasteiger partial charge in [-0.2, -0.15) is 0 Å². The van der Waals surface area contributed by atoms with Crippen LogP contribution in [-0.2, 0) is 4.79 Å². The summed E-state index contributed by atoms with van der Waals surface area (Å²) < 4.78 is 5.81. The highest BCUT2D eigenvalue weighted by molar-refractivity contribution is 6.32. The molecule has 8 heteroatoms. The lowest BCUT2D eigenvalue weighted by Gasteiger charge is -2.20. The van der Waals surface area contributed by atoms with Gasteiger partial charge in [0.1, 0.15) is 17.5 Å². The first-order valence-corrected chi connectivity index (χ1v) is 10.1. The van der Waals surface area contributed by atoms with Gasteiger partial charge in [0.25, 0.3) is 0 Å². The van der Waals surface area contributed by atoms with Gasteiger partial charge in [-0.15, -0.1) is 0 Å². The minimum atomic E-state index is -0.687. The van der Waals surface area contributed by atoms with Gasteiger partial charge in [0.2, 0.25) is 5.91 Å². The summed E-state index contributed by atoms with van der Waals surface area (Å²) in [6, 6.07) is 18.8. The molecule has 0 aliphatic carbocycles. The van der Waals surface area contributed by atoms with E-state index in [-0.39, 0.29) is 5.91 Å². The fraction of sp³-hybridized carbons (Fsp3) is 0.130. The van der Waals surface area contributed by atoms with E-state index < -0.39 is 6.04 Å². The molecule has 31 heavy (non-hydrogen) atoms. The smallest absolute Gasteiger partial charge is 0.246 e. The number of carbonyl (C=O) groups excluding carboxylic acids is 1. The summed E-state index contributed by atoms with van der Waals surface area (Å²) in [5.41, 5.74) is 13.6. The van der Waals surface area contributed by atoms with Crippen molar-refractivity contribution in [3.05, 3.63) is 82.9 Å².